The van der Waals surface area contributed by atoms with E-state index in [9.17, 15) is 4.39 Å². The van der Waals surface area contributed by atoms with Gasteiger partial charge in [-0.2, -0.15) is 4.39 Å². The molecule has 10 heavy (non-hydrogen) atoms. The molecule has 0 aliphatic rings. The van der Waals surface area contributed by atoms with Crippen LogP contribution in [0.2, 0.25) is 0 Å². The Morgan fingerprint density at radius 2 is 1.70 bits per heavy atom. The molecule has 0 amide bonds. The van der Waals surface area contributed by atoms with E-state index in [4.69, 9.17) is 0 Å². The molecular weight excluding hydrogens is 131 g/mol. The molecule has 0 bridgehead atoms. The van der Waals surface area contributed by atoms with E-state index in [1.54, 1.807) is 20.8 Å². The van der Waals surface area contributed by atoms with E-state index in [0.29, 0.717) is 17.1 Å². The largest absolute Gasteiger partial charge is 0.238 e. The molecule has 0 aliphatic carbocycles. The summed E-state index contributed by atoms with van der Waals surface area (Å²) in [4.78, 5) is 7.54. The molecule has 0 N–H and O–H groups in total. The van der Waals surface area contributed by atoms with Crippen LogP contribution in [0.3, 0.4) is 0 Å². The fraction of sp³-hybridized carbons (Fsp3) is 0.429. The van der Waals surface area contributed by atoms with Gasteiger partial charge in [0.15, 0.2) is 0 Å². The summed E-state index contributed by atoms with van der Waals surface area (Å²) >= 11 is 0. The lowest BCUT2D eigenvalue weighted by atomic mass is 10.3. The van der Waals surface area contributed by atoms with Crippen LogP contribution in [0.25, 0.3) is 0 Å². The van der Waals surface area contributed by atoms with Gasteiger partial charge in [0, 0.05) is 11.3 Å². The van der Waals surface area contributed by atoms with Crippen LogP contribution in [-0.4, -0.2) is 9.97 Å². The van der Waals surface area contributed by atoms with Gasteiger partial charge >= 0.3 is 0 Å². The van der Waals surface area contributed by atoms with Crippen molar-refractivity contribution in [3.63, 3.8) is 0 Å². The van der Waals surface area contributed by atoms with Gasteiger partial charge in [0.05, 0.1) is 0 Å². The molecule has 0 radical (unpaired) electrons. The summed E-state index contributed by atoms with van der Waals surface area (Å²) in [6.45, 7) is 5.12. The average Bonchev–Trinajstić information content (AvgIpc) is 1.82. The van der Waals surface area contributed by atoms with Gasteiger partial charge in [-0.25, -0.2) is 9.97 Å². The monoisotopic (exact) mass is 140 g/mol. The predicted molar refractivity (Wildman–Crippen MR) is 36.2 cm³/mol. The third-order valence-corrected chi connectivity index (χ3v) is 1.44. The van der Waals surface area contributed by atoms with Crippen LogP contribution in [0, 0.1) is 26.7 Å². The average molecular weight is 140 g/mol. The van der Waals surface area contributed by atoms with Crippen molar-refractivity contribution in [2.24, 2.45) is 0 Å². The summed E-state index contributed by atoms with van der Waals surface area (Å²) in [6.07, 6.45) is 0. The Labute approximate surface area is 59.1 Å². The van der Waals surface area contributed by atoms with Gasteiger partial charge in [-0.05, 0) is 20.8 Å². The molecule has 54 valence electrons. The second kappa shape index (κ2) is 2.33. The van der Waals surface area contributed by atoms with Gasteiger partial charge in [0.1, 0.15) is 5.82 Å². The van der Waals surface area contributed by atoms with E-state index in [0.717, 1.165) is 0 Å². The van der Waals surface area contributed by atoms with E-state index in [-0.39, 0.29) is 0 Å². The lowest BCUT2D eigenvalue weighted by Gasteiger charge is -1.99. The van der Waals surface area contributed by atoms with Gasteiger partial charge < -0.3 is 0 Å². The quantitative estimate of drug-likeness (QED) is 0.511. The number of rotatable bonds is 0. The normalized spacial score (nSPS) is 10.0. The first-order chi connectivity index (χ1) is 4.61. The highest BCUT2D eigenvalue weighted by Gasteiger charge is 2.02. The van der Waals surface area contributed by atoms with Crippen LogP contribution in [0.5, 0.6) is 0 Å². The molecule has 0 spiro atoms. The van der Waals surface area contributed by atoms with Crippen molar-refractivity contribution in [3.05, 3.63) is 23.0 Å². The van der Waals surface area contributed by atoms with E-state index in [1.807, 2.05) is 0 Å². The van der Waals surface area contributed by atoms with Crippen LogP contribution in [0.4, 0.5) is 4.39 Å². The molecule has 0 unspecified atom stereocenters. The van der Waals surface area contributed by atoms with Gasteiger partial charge in [0.2, 0.25) is 5.95 Å². The Kier molecular flexibility index (Phi) is 1.66. The van der Waals surface area contributed by atoms with Crippen molar-refractivity contribution in [1.29, 1.82) is 0 Å². The van der Waals surface area contributed by atoms with Crippen LogP contribution in [0.15, 0.2) is 0 Å². The van der Waals surface area contributed by atoms with Crippen molar-refractivity contribution in [2.45, 2.75) is 20.8 Å². The van der Waals surface area contributed by atoms with Crippen LogP contribution in [0.1, 0.15) is 17.1 Å². The highest BCUT2D eigenvalue weighted by molar-refractivity contribution is 5.14. The first-order valence-electron chi connectivity index (χ1n) is 3.08. The minimum absolute atomic E-state index is 0.412. The van der Waals surface area contributed by atoms with Gasteiger partial charge in [0.25, 0.3) is 0 Å². The fourth-order valence-electron chi connectivity index (χ4n) is 0.727. The maximum atomic E-state index is 12.7. The number of hydrogen-bond donors (Lipinski definition) is 0. The first kappa shape index (κ1) is 7.12. The predicted octanol–water partition coefficient (Wildman–Crippen LogP) is 1.54. The molecule has 0 saturated heterocycles. The number of aryl methyl sites for hydroxylation is 2. The molecule has 0 aromatic carbocycles. The Balaban J connectivity index is 3.31. The molecule has 0 atom stereocenters. The second-order valence-corrected chi connectivity index (χ2v) is 2.27. The zero-order valence-corrected chi connectivity index (χ0v) is 6.27. The van der Waals surface area contributed by atoms with Crippen LogP contribution >= 0.6 is 0 Å². The third-order valence-electron chi connectivity index (χ3n) is 1.44. The van der Waals surface area contributed by atoms with E-state index < -0.39 is 5.95 Å². The lowest BCUT2D eigenvalue weighted by Crippen LogP contribution is -1.98. The van der Waals surface area contributed by atoms with Crippen molar-refractivity contribution in [1.82, 2.24) is 9.97 Å². The van der Waals surface area contributed by atoms with Crippen LogP contribution in [-0.2, 0) is 0 Å². The molecule has 1 aromatic heterocycles. The highest BCUT2D eigenvalue weighted by Crippen LogP contribution is 2.05. The topological polar surface area (TPSA) is 25.8 Å². The molecule has 1 aromatic rings. The summed E-state index contributed by atoms with van der Waals surface area (Å²) in [5.74, 6) is 0.0746. The highest BCUT2D eigenvalue weighted by atomic mass is 19.1. The number of nitrogens with zero attached hydrogens (tertiary/aromatic N) is 2. The lowest BCUT2D eigenvalue weighted by molar-refractivity contribution is 0.561. The Hall–Kier alpha value is -0.990. The number of aromatic nitrogens is 2. The Morgan fingerprint density at radius 3 is 2.20 bits per heavy atom. The molecule has 0 saturated carbocycles. The molecule has 1 rings (SSSR count). The van der Waals surface area contributed by atoms with Crippen molar-refractivity contribution < 1.29 is 4.39 Å². The number of hydrogen-bond acceptors (Lipinski definition) is 2. The summed E-state index contributed by atoms with van der Waals surface area (Å²) < 4.78 is 12.7. The molecule has 0 aliphatic heterocycles. The summed E-state index contributed by atoms with van der Waals surface area (Å²) in [6, 6.07) is 0. The maximum absolute atomic E-state index is 12.7. The molecule has 2 nitrogen and oxygen atoms in total. The van der Waals surface area contributed by atoms with E-state index in [2.05, 4.69) is 9.97 Å². The minimum Gasteiger partial charge on any atom is -0.238 e. The Morgan fingerprint density at radius 1 is 1.10 bits per heavy atom. The summed E-state index contributed by atoms with van der Waals surface area (Å²) in [7, 11) is 0. The fourth-order valence-corrected chi connectivity index (χ4v) is 0.727. The smallest absolute Gasteiger partial charge is 0.219 e. The molecule has 3 heteroatoms. The van der Waals surface area contributed by atoms with Gasteiger partial charge in [-0.3, -0.25) is 0 Å². The van der Waals surface area contributed by atoms with Crippen molar-refractivity contribution in [2.75, 3.05) is 0 Å². The third kappa shape index (κ3) is 1.12. The molecular formula is C7H9FN2. The first-order valence-corrected chi connectivity index (χ1v) is 3.08. The summed E-state index contributed by atoms with van der Waals surface area (Å²) in [5, 5.41) is 0. The van der Waals surface area contributed by atoms with E-state index >= 15 is 0 Å². The van der Waals surface area contributed by atoms with Crippen molar-refractivity contribution >= 4 is 0 Å². The van der Waals surface area contributed by atoms with Gasteiger partial charge in [-0.15, -0.1) is 0 Å². The summed E-state index contributed by atoms with van der Waals surface area (Å²) in [5.41, 5.74) is 1.25. The minimum atomic E-state index is -0.412. The standard InChI is InChI=1S/C7H9FN2/c1-4-5(2)9-6(3)10-7(4)8/h1-3H3. The Bertz CT molecular complexity index is 235. The maximum Gasteiger partial charge on any atom is 0.219 e. The number of halogens is 1. The van der Waals surface area contributed by atoms with Gasteiger partial charge in [-0.1, -0.05) is 0 Å². The molecule has 0 fully saturated rings. The van der Waals surface area contributed by atoms with Crippen molar-refractivity contribution in [3.8, 4) is 0 Å². The molecule has 1 heterocycles. The SMILES string of the molecule is Cc1nc(C)c(C)c(F)n1. The van der Waals surface area contributed by atoms with Crippen LogP contribution < -0.4 is 0 Å². The second-order valence-electron chi connectivity index (χ2n) is 2.27. The van der Waals surface area contributed by atoms with E-state index in [1.165, 1.54) is 0 Å². The zero-order valence-electron chi connectivity index (χ0n) is 6.27. The zero-order chi connectivity index (χ0) is 7.72.